The number of imidazole rings is 1. The van der Waals surface area contributed by atoms with E-state index in [1.54, 1.807) is 6.07 Å². The molecule has 0 radical (unpaired) electrons. The summed E-state index contributed by atoms with van der Waals surface area (Å²) in [6, 6.07) is 28.7. The number of hydrogen-bond acceptors (Lipinski definition) is 5. The Balaban J connectivity index is 1.49. The van der Waals surface area contributed by atoms with Crippen LogP contribution in [0.25, 0.3) is 16.6 Å². The van der Waals surface area contributed by atoms with Crippen LogP contribution in [0, 0.1) is 11.3 Å². The fourth-order valence-corrected chi connectivity index (χ4v) is 3.57. The van der Waals surface area contributed by atoms with Gasteiger partial charge in [0.2, 0.25) is 0 Å². The molecule has 1 aromatic heterocycles. The van der Waals surface area contributed by atoms with Crippen LogP contribution in [-0.2, 0) is 9.53 Å². The van der Waals surface area contributed by atoms with E-state index in [1.807, 2.05) is 84.9 Å². The molecule has 0 aliphatic heterocycles. The Kier molecular flexibility index (Phi) is 6.28. The normalized spacial score (nSPS) is 11.8. The number of aliphatic hydroxyl groups is 1. The van der Waals surface area contributed by atoms with E-state index in [2.05, 4.69) is 9.97 Å². The van der Waals surface area contributed by atoms with Crippen LogP contribution in [0.1, 0.15) is 29.3 Å². The molecule has 0 aliphatic carbocycles. The zero-order chi connectivity index (χ0) is 22.3. The van der Waals surface area contributed by atoms with Crippen LogP contribution in [0.2, 0.25) is 0 Å². The van der Waals surface area contributed by atoms with E-state index >= 15 is 0 Å². The molecular weight excluding hydrogens is 402 g/mol. The molecule has 4 aromatic rings. The molecule has 6 heteroatoms. The summed E-state index contributed by atoms with van der Waals surface area (Å²) in [5, 5.41) is 19.9. The molecule has 0 saturated heterocycles. The molecule has 0 amide bonds. The van der Waals surface area contributed by atoms with Crippen LogP contribution in [0.4, 0.5) is 0 Å². The highest BCUT2D eigenvalue weighted by Crippen LogP contribution is 2.28. The first-order valence-electron chi connectivity index (χ1n) is 10.2. The maximum Gasteiger partial charge on any atom is 0.307 e. The third-order valence-corrected chi connectivity index (χ3v) is 5.17. The van der Waals surface area contributed by atoms with Gasteiger partial charge in [-0.2, -0.15) is 5.26 Å². The monoisotopic (exact) mass is 423 g/mol. The van der Waals surface area contributed by atoms with Crippen molar-refractivity contribution in [3.8, 4) is 6.07 Å². The van der Waals surface area contributed by atoms with Crippen molar-refractivity contribution < 1.29 is 14.6 Å². The largest absolute Gasteiger partial charge is 0.507 e. The molecule has 0 saturated carbocycles. The molecule has 6 nitrogen and oxygen atoms in total. The molecule has 3 aromatic carbocycles. The van der Waals surface area contributed by atoms with Gasteiger partial charge in [-0.05, 0) is 23.3 Å². The second-order valence-electron chi connectivity index (χ2n) is 7.27. The summed E-state index contributed by atoms with van der Waals surface area (Å²) in [5.41, 5.74) is 3.35. The second-order valence-corrected chi connectivity index (χ2v) is 7.27. The number of aromatic amines is 1. The van der Waals surface area contributed by atoms with Gasteiger partial charge in [0.05, 0.1) is 17.5 Å². The smallest absolute Gasteiger partial charge is 0.307 e. The van der Waals surface area contributed by atoms with E-state index in [9.17, 15) is 15.2 Å². The summed E-state index contributed by atoms with van der Waals surface area (Å²) in [5.74, 6) is -0.775. The minimum atomic E-state index is -0.476. The number of nitriles is 1. The Morgan fingerprint density at radius 2 is 1.56 bits per heavy atom. The minimum absolute atomic E-state index is 0.0586. The third-order valence-electron chi connectivity index (χ3n) is 5.17. The third kappa shape index (κ3) is 4.68. The fourth-order valence-electron chi connectivity index (χ4n) is 3.57. The number of esters is 1. The molecule has 4 rings (SSSR count). The summed E-state index contributed by atoms with van der Waals surface area (Å²) >= 11 is 0. The number of hydrogen-bond donors (Lipinski definition) is 2. The van der Waals surface area contributed by atoms with Crippen molar-refractivity contribution in [1.82, 2.24) is 9.97 Å². The average molecular weight is 423 g/mol. The Bertz CT molecular complexity index is 1220. The SMILES string of the molecule is N#C/C(=C(\O)COC(=O)CC(c1ccccc1)c1ccccc1)c1nc2ccccc2[nH]1. The van der Waals surface area contributed by atoms with Crippen LogP contribution in [0.15, 0.2) is 90.7 Å². The zero-order valence-corrected chi connectivity index (χ0v) is 17.2. The minimum Gasteiger partial charge on any atom is -0.507 e. The van der Waals surface area contributed by atoms with Gasteiger partial charge in [0.25, 0.3) is 0 Å². The molecule has 0 aliphatic rings. The van der Waals surface area contributed by atoms with Gasteiger partial charge in [-0.3, -0.25) is 4.79 Å². The first kappa shape index (κ1) is 20.9. The summed E-state index contributed by atoms with van der Waals surface area (Å²) in [4.78, 5) is 20.0. The van der Waals surface area contributed by atoms with Crippen molar-refractivity contribution in [3.05, 3.63) is 108 Å². The van der Waals surface area contributed by atoms with Gasteiger partial charge in [-0.25, -0.2) is 4.98 Å². The van der Waals surface area contributed by atoms with Crippen molar-refractivity contribution in [2.75, 3.05) is 6.61 Å². The van der Waals surface area contributed by atoms with Crippen molar-refractivity contribution in [1.29, 1.82) is 5.26 Å². The summed E-state index contributed by atoms with van der Waals surface area (Å²) < 4.78 is 5.32. The molecule has 0 bridgehead atoms. The van der Waals surface area contributed by atoms with Crippen molar-refractivity contribution in [2.24, 2.45) is 0 Å². The van der Waals surface area contributed by atoms with Crippen LogP contribution in [-0.4, -0.2) is 27.7 Å². The van der Waals surface area contributed by atoms with Crippen molar-refractivity contribution in [2.45, 2.75) is 12.3 Å². The predicted molar refractivity (Wildman–Crippen MR) is 122 cm³/mol. The van der Waals surface area contributed by atoms with Crippen LogP contribution < -0.4 is 0 Å². The van der Waals surface area contributed by atoms with Crippen LogP contribution in [0.5, 0.6) is 0 Å². The zero-order valence-electron chi connectivity index (χ0n) is 17.2. The number of allylic oxidation sites excluding steroid dienone is 1. The van der Waals surface area contributed by atoms with E-state index < -0.39 is 12.6 Å². The molecule has 1 heterocycles. The van der Waals surface area contributed by atoms with Gasteiger partial charge in [-0.1, -0.05) is 72.8 Å². The Hall–Kier alpha value is -4.37. The summed E-state index contributed by atoms with van der Waals surface area (Å²) in [6.07, 6.45) is 0.105. The Morgan fingerprint density at radius 1 is 0.969 bits per heavy atom. The molecule has 0 unspecified atom stereocenters. The number of ether oxygens (including phenoxy) is 1. The van der Waals surface area contributed by atoms with Crippen LogP contribution in [0.3, 0.4) is 0 Å². The number of fused-ring (bicyclic) bond motifs is 1. The quantitative estimate of drug-likeness (QED) is 0.244. The number of benzene rings is 3. The number of carbonyl (C=O) groups is 1. The van der Waals surface area contributed by atoms with Gasteiger partial charge in [0, 0.05) is 5.92 Å². The molecule has 0 fully saturated rings. The number of nitrogens with one attached hydrogen (secondary N) is 1. The standard InChI is InChI=1S/C26H21N3O3/c27-16-21(26-28-22-13-7-8-14-23(22)29-26)24(30)17-32-25(31)15-20(18-9-3-1-4-10-18)19-11-5-2-6-12-19/h1-14,20,30H,15,17H2,(H,28,29)/b24-21+. The number of rotatable bonds is 7. The highest BCUT2D eigenvalue weighted by molar-refractivity contribution is 5.83. The van der Waals surface area contributed by atoms with E-state index in [0.29, 0.717) is 5.52 Å². The first-order chi connectivity index (χ1) is 15.7. The average Bonchev–Trinajstić information content (AvgIpc) is 3.26. The first-order valence-corrected chi connectivity index (χ1v) is 10.2. The highest BCUT2D eigenvalue weighted by atomic mass is 16.5. The number of para-hydroxylation sites is 2. The lowest BCUT2D eigenvalue weighted by Gasteiger charge is -2.17. The number of aromatic nitrogens is 2. The molecule has 158 valence electrons. The molecular formula is C26H21N3O3. The van der Waals surface area contributed by atoms with E-state index in [1.165, 1.54) is 0 Å². The summed E-state index contributed by atoms with van der Waals surface area (Å²) in [6.45, 7) is -0.408. The number of aliphatic hydroxyl groups excluding tert-OH is 1. The molecule has 0 spiro atoms. The maximum atomic E-state index is 12.6. The lowest BCUT2D eigenvalue weighted by molar-refractivity contribution is -0.143. The van der Waals surface area contributed by atoms with Gasteiger partial charge in [-0.15, -0.1) is 0 Å². The lowest BCUT2D eigenvalue weighted by Crippen LogP contribution is -2.14. The number of nitrogens with zero attached hydrogens (tertiary/aromatic N) is 2. The van der Waals surface area contributed by atoms with E-state index in [4.69, 9.17) is 4.74 Å². The Labute approximate surface area is 185 Å². The second kappa shape index (κ2) is 9.63. The Morgan fingerprint density at radius 3 is 2.16 bits per heavy atom. The van der Waals surface area contributed by atoms with Gasteiger partial charge < -0.3 is 14.8 Å². The molecule has 0 atom stereocenters. The molecule has 32 heavy (non-hydrogen) atoms. The van der Waals surface area contributed by atoms with Crippen LogP contribution >= 0.6 is 0 Å². The molecule has 2 N–H and O–H groups in total. The van der Waals surface area contributed by atoms with Gasteiger partial charge >= 0.3 is 5.97 Å². The van der Waals surface area contributed by atoms with Gasteiger partial charge in [0.1, 0.15) is 18.2 Å². The fraction of sp³-hybridized carbons (Fsp3) is 0.115. The van der Waals surface area contributed by atoms with Crippen molar-refractivity contribution in [3.63, 3.8) is 0 Å². The number of H-pyrrole nitrogens is 1. The maximum absolute atomic E-state index is 12.6. The van der Waals surface area contributed by atoms with Crippen molar-refractivity contribution >= 4 is 22.6 Å². The van der Waals surface area contributed by atoms with Gasteiger partial charge in [0.15, 0.2) is 11.6 Å². The topological polar surface area (TPSA) is 99.0 Å². The van der Waals surface area contributed by atoms with E-state index in [0.717, 1.165) is 16.6 Å². The summed E-state index contributed by atoms with van der Waals surface area (Å²) in [7, 11) is 0. The van der Waals surface area contributed by atoms with E-state index in [-0.39, 0.29) is 29.5 Å². The number of carbonyl (C=O) groups excluding carboxylic acids is 1. The highest BCUT2D eigenvalue weighted by Gasteiger charge is 2.20. The predicted octanol–water partition coefficient (Wildman–Crippen LogP) is 5.12. The lowest BCUT2D eigenvalue weighted by atomic mass is 9.89.